The molecular weight excluding hydrogens is 294 g/mol. The van der Waals surface area contributed by atoms with Gasteiger partial charge in [0.15, 0.2) is 0 Å². The van der Waals surface area contributed by atoms with Crippen LogP contribution in [0.2, 0.25) is 0 Å². The van der Waals surface area contributed by atoms with Crippen molar-refractivity contribution >= 4 is 5.91 Å². The number of rotatable bonds is 6. The van der Waals surface area contributed by atoms with Gasteiger partial charge < -0.3 is 14.5 Å². The van der Waals surface area contributed by atoms with Crippen molar-refractivity contribution in [3.05, 3.63) is 47.7 Å². The second kappa shape index (κ2) is 7.37. The summed E-state index contributed by atoms with van der Waals surface area (Å²) in [4.78, 5) is 12.3. The largest absolute Gasteiger partial charge is 0.425 e. The van der Waals surface area contributed by atoms with Gasteiger partial charge in [0, 0.05) is 26.5 Å². The van der Waals surface area contributed by atoms with Crippen LogP contribution in [0.15, 0.2) is 34.7 Å². The van der Waals surface area contributed by atoms with Gasteiger partial charge in [0.25, 0.3) is 0 Å². The molecule has 0 saturated carbocycles. The number of carbonyl (C=O) groups is 1. The second-order valence-electron chi connectivity index (χ2n) is 5.77. The van der Waals surface area contributed by atoms with Crippen LogP contribution in [0.25, 0.3) is 0 Å². The van der Waals surface area contributed by atoms with Crippen LogP contribution in [0.3, 0.4) is 0 Å². The van der Waals surface area contributed by atoms with Gasteiger partial charge in [-0.1, -0.05) is 30.3 Å². The highest BCUT2D eigenvalue weighted by Gasteiger charge is 2.24. The van der Waals surface area contributed by atoms with E-state index in [9.17, 15) is 4.79 Å². The third-order valence-corrected chi connectivity index (χ3v) is 3.98. The molecule has 1 aromatic carbocycles. The summed E-state index contributed by atoms with van der Waals surface area (Å²) in [6.45, 7) is 3.09. The summed E-state index contributed by atoms with van der Waals surface area (Å²) in [6.07, 6.45) is 2.48. The molecule has 0 bridgehead atoms. The predicted octanol–water partition coefficient (Wildman–Crippen LogP) is 2.20. The fraction of sp³-hybridized carbons (Fsp3) is 0.471. The van der Waals surface area contributed by atoms with Crippen LogP contribution in [-0.4, -0.2) is 35.4 Å². The first-order chi connectivity index (χ1) is 11.2. The van der Waals surface area contributed by atoms with Crippen molar-refractivity contribution in [1.82, 2.24) is 15.5 Å². The number of ether oxygens (including phenoxy) is 1. The minimum Gasteiger partial charge on any atom is -0.425 e. The molecule has 3 rings (SSSR count). The third kappa shape index (κ3) is 4.16. The van der Waals surface area contributed by atoms with E-state index in [4.69, 9.17) is 9.15 Å². The normalized spacial score (nSPS) is 18.7. The zero-order valence-corrected chi connectivity index (χ0v) is 13.2. The molecule has 1 amide bonds. The zero-order valence-electron chi connectivity index (χ0n) is 13.2. The highest BCUT2D eigenvalue weighted by Crippen LogP contribution is 2.27. The first-order valence-electron chi connectivity index (χ1n) is 7.95. The average Bonchev–Trinajstić information content (AvgIpc) is 3.23. The number of hydrogen-bond donors (Lipinski definition) is 1. The summed E-state index contributed by atoms with van der Waals surface area (Å²) in [5.41, 5.74) is 0.989. The molecule has 0 aliphatic carbocycles. The van der Waals surface area contributed by atoms with Gasteiger partial charge in [-0.05, 0) is 18.4 Å². The summed E-state index contributed by atoms with van der Waals surface area (Å²) < 4.78 is 11.1. The highest BCUT2D eigenvalue weighted by molar-refractivity contribution is 5.77. The second-order valence-corrected chi connectivity index (χ2v) is 5.77. The van der Waals surface area contributed by atoms with E-state index in [1.165, 1.54) is 0 Å². The Bertz CT molecular complexity index is 636. The monoisotopic (exact) mass is 315 g/mol. The van der Waals surface area contributed by atoms with Crippen molar-refractivity contribution in [2.24, 2.45) is 0 Å². The Morgan fingerprint density at radius 1 is 1.35 bits per heavy atom. The maximum absolute atomic E-state index is 12.3. The fourth-order valence-electron chi connectivity index (χ4n) is 2.78. The van der Waals surface area contributed by atoms with Crippen LogP contribution in [0.4, 0.5) is 0 Å². The molecule has 2 unspecified atom stereocenters. The Morgan fingerprint density at radius 2 is 2.17 bits per heavy atom. The summed E-state index contributed by atoms with van der Waals surface area (Å²) in [5, 5.41) is 10.9. The molecule has 6 heteroatoms. The van der Waals surface area contributed by atoms with Crippen LogP contribution in [0, 0.1) is 6.92 Å². The van der Waals surface area contributed by atoms with Gasteiger partial charge >= 0.3 is 0 Å². The Hall–Kier alpha value is -2.21. The summed E-state index contributed by atoms with van der Waals surface area (Å²) in [7, 11) is 0. The first-order valence-corrected chi connectivity index (χ1v) is 7.95. The number of nitrogens with zero attached hydrogens (tertiary/aromatic N) is 2. The van der Waals surface area contributed by atoms with E-state index in [0.29, 0.717) is 18.3 Å². The maximum Gasteiger partial charge on any atom is 0.224 e. The minimum atomic E-state index is -0.234. The Morgan fingerprint density at radius 3 is 2.83 bits per heavy atom. The Balaban J connectivity index is 1.67. The topological polar surface area (TPSA) is 77.2 Å². The maximum atomic E-state index is 12.3. The van der Waals surface area contributed by atoms with E-state index in [1.807, 2.05) is 30.3 Å². The van der Waals surface area contributed by atoms with E-state index in [1.54, 1.807) is 6.92 Å². The quantitative estimate of drug-likeness (QED) is 0.884. The number of benzene rings is 1. The molecule has 0 radical (unpaired) electrons. The van der Waals surface area contributed by atoms with Crippen LogP contribution >= 0.6 is 0 Å². The van der Waals surface area contributed by atoms with Gasteiger partial charge in [0.1, 0.15) is 0 Å². The summed E-state index contributed by atoms with van der Waals surface area (Å²) >= 11 is 0. The number of amides is 1. The first kappa shape index (κ1) is 15.7. The Kier molecular flexibility index (Phi) is 5.02. The van der Waals surface area contributed by atoms with Crippen LogP contribution < -0.4 is 5.32 Å². The van der Waals surface area contributed by atoms with Gasteiger partial charge in [-0.3, -0.25) is 4.79 Å². The van der Waals surface area contributed by atoms with E-state index < -0.39 is 0 Å². The molecule has 2 aromatic rings. The average molecular weight is 315 g/mol. The van der Waals surface area contributed by atoms with E-state index >= 15 is 0 Å². The van der Waals surface area contributed by atoms with Crippen LogP contribution in [0.5, 0.6) is 0 Å². The van der Waals surface area contributed by atoms with Crippen molar-refractivity contribution in [3.8, 4) is 0 Å². The number of carbonyl (C=O) groups excluding carboxylic acids is 1. The van der Waals surface area contributed by atoms with Crippen molar-refractivity contribution in [1.29, 1.82) is 0 Å². The highest BCUT2D eigenvalue weighted by atomic mass is 16.5. The van der Waals surface area contributed by atoms with Gasteiger partial charge in [0.05, 0.1) is 12.0 Å². The molecule has 122 valence electrons. The van der Waals surface area contributed by atoms with E-state index in [-0.39, 0.29) is 24.3 Å². The number of nitrogens with one attached hydrogen (secondary N) is 1. The molecule has 1 aliphatic heterocycles. The van der Waals surface area contributed by atoms with Crippen molar-refractivity contribution in [3.63, 3.8) is 0 Å². The molecule has 2 heterocycles. The molecule has 1 N–H and O–H groups in total. The standard InChI is InChI=1S/C17H21N3O3/c1-12-19-20-17(23-12)15(13-6-3-2-4-7-13)10-16(21)18-11-14-8-5-9-22-14/h2-4,6-7,14-15H,5,8-11H2,1H3,(H,18,21). The molecule has 1 aromatic heterocycles. The van der Waals surface area contributed by atoms with Crippen molar-refractivity contribution in [2.45, 2.75) is 38.2 Å². The lowest BCUT2D eigenvalue weighted by Gasteiger charge is -2.15. The minimum absolute atomic E-state index is 0.0368. The zero-order chi connectivity index (χ0) is 16.1. The molecule has 0 spiro atoms. The van der Waals surface area contributed by atoms with Crippen LogP contribution in [0.1, 0.15) is 42.5 Å². The third-order valence-electron chi connectivity index (χ3n) is 3.98. The number of hydrogen-bond acceptors (Lipinski definition) is 5. The lowest BCUT2D eigenvalue weighted by molar-refractivity contribution is -0.121. The Labute approximate surface area is 135 Å². The van der Waals surface area contributed by atoms with Crippen LogP contribution in [-0.2, 0) is 9.53 Å². The molecule has 6 nitrogen and oxygen atoms in total. The molecule has 1 fully saturated rings. The van der Waals surface area contributed by atoms with Crippen molar-refractivity contribution in [2.75, 3.05) is 13.2 Å². The smallest absolute Gasteiger partial charge is 0.224 e. The molecule has 23 heavy (non-hydrogen) atoms. The SMILES string of the molecule is Cc1nnc(C(CC(=O)NCC2CCCO2)c2ccccc2)o1. The number of aryl methyl sites for hydroxylation is 1. The van der Waals surface area contributed by atoms with E-state index in [2.05, 4.69) is 15.5 Å². The van der Waals surface area contributed by atoms with Crippen molar-refractivity contribution < 1.29 is 13.9 Å². The van der Waals surface area contributed by atoms with Gasteiger partial charge in [-0.2, -0.15) is 0 Å². The van der Waals surface area contributed by atoms with Gasteiger partial charge in [-0.25, -0.2) is 0 Å². The van der Waals surface area contributed by atoms with E-state index in [0.717, 1.165) is 25.0 Å². The fourth-order valence-corrected chi connectivity index (χ4v) is 2.78. The predicted molar refractivity (Wildman–Crippen MR) is 83.9 cm³/mol. The lowest BCUT2D eigenvalue weighted by Crippen LogP contribution is -2.32. The summed E-state index contributed by atoms with van der Waals surface area (Å²) in [6, 6.07) is 9.76. The molecule has 1 aliphatic rings. The van der Waals surface area contributed by atoms with Gasteiger partial charge in [-0.15, -0.1) is 10.2 Å². The summed E-state index contributed by atoms with van der Waals surface area (Å²) in [5.74, 6) is 0.703. The molecule has 2 atom stereocenters. The molecule has 1 saturated heterocycles. The number of aromatic nitrogens is 2. The lowest BCUT2D eigenvalue weighted by atomic mass is 9.95. The van der Waals surface area contributed by atoms with Gasteiger partial charge in [0.2, 0.25) is 17.7 Å². The molecular formula is C17H21N3O3.